The molecule has 0 atom stereocenters. The average Bonchev–Trinajstić information content (AvgIpc) is 2.74. The first kappa shape index (κ1) is 15.6. The number of hydrogen-bond acceptors (Lipinski definition) is 3. The third kappa shape index (κ3) is 2.40. The lowest BCUT2D eigenvalue weighted by Gasteiger charge is -2.33. The van der Waals surface area contributed by atoms with Crippen molar-refractivity contribution in [2.24, 2.45) is 0 Å². The maximum absolute atomic E-state index is 4.58. The molecule has 0 N–H and O–H groups in total. The lowest BCUT2D eigenvalue weighted by Crippen LogP contribution is -2.57. The molecule has 1 nitrogen and oxygen atoms in total. The van der Waals surface area contributed by atoms with E-state index in [-0.39, 0.29) is 0 Å². The quantitative estimate of drug-likeness (QED) is 0.398. The van der Waals surface area contributed by atoms with Gasteiger partial charge in [0, 0.05) is 31.3 Å². The zero-order chi connectivity index (χ0) is 17.8. The van der Waals surface area contributed by atoms with E-state index in [1.165, 1.54) is 41.5 Å². The molecule has 4 aromatic rings. The third-order valence-electron chi connectivity index (χ3n) is 5.25. The molecule has 0 saturated heterocycles. The molecule has 2 aliphatic rings. The first-order valence-electron chi connectivity index (χ1n) is 9.01. The van der Waals surface area contributed by atoms with Gasteiger partial charge >= 0.3 is 0 Å². The summed E-state index contributed by atoms with van der Waals surface area (Å²) >= 11 is 3.78. The topological polar surface area (TPSA) is 12.9 Å². The van der Waals surface area contributed by atoms with Gasteiger partial charge in [0.2, 0.25) is 6.71 Å². The highest BCUT2D eigenvalue weighted by Gasteiger charge is 2.37. The minimum absolute atomic E-state index is 0.322. The molecule has 6 rings (SSSR count). The van der Waals surface area contributed by atoms with E-state index in [4.69, 9.17) is 0 Å². The summed E-state index contributed by atoms with van der Waals surface area (Å²) in [6, 6.07) is 28.5. The van der Waals surface area contributed by atoms with Crippen molar-refractivity contribution in [2.75, 3.05) is 0 Å². The maximum Gasteiger partial charge on any atom is 0.247 e. The van der Waals surface area contributed by atoms with E-state index in [0.29, 0.717) is 6.71 Å². The summed E-state index contributed by atoms with van der Waals surface area (Å²) < 4.78 is 0. The SMILES string of the molecule is c1ccc(-c2cc3c4c(c2)Sc2ccccc2B4c2ccccc2S3)nc1. The van der Waals surface area contributed by atoms with Gasteiger partial charge in [0.15, 0.2) is 0 Å². The standard InChI is InChI=1S/C23H14BNS2/c1-3-10-19-16(7-1)24-17-8-2-4-11-20(17)27-22-14-15(13-21(26-19)23(22)24)18-9-5-6-12-25-18/h1-14H. The first-order valence-corrected chi connectivity index (χ1v) is 10.6. The second kappa shape index (κ2) is 6.05. The predicted octanol–water partition coefficient (Wildman–Crippen LogP) is 4.19. The molecule has 3 heterocycles. The van der Waals surface area contributed by atoms with Crippen LogP contribution in [0.15, 0.2) is 105 Å². The monoisotopic (exact) mass is 379 g/mol. The smallest absolute Gasteiger partial charge is 0.247 e. The van der Waals surface area contributed by atoms with E-state index in [9.17, 15) is 0 Å². The molecule has 2 aliphatic heterocycles. The van der Waals surface area contributed by atoms with Gasteiger partial charge in [-0.15, -0.1) is 0 Å². The van der Waals surface area contributed by atoms with Crippen LogP contribution in [-0.4, -0.2) is 11.7 Å². The molecule has 1 aromatic heterocycles. The molecule has 0 unspecified atom stereocenters. The predicted molar refractivity (Wildman–Crippen MR) is 115 cm³/mol. The van der Waals surface area contributed by atoms with E-state index < -0.39 is 0 Å². The second-order valence-electron chi connectivity index (χ2n) is 6.81. The van der Waals surface area contributed by atoms with Crippen LogP contribution in [0.5, 0.6) is 0 Å². The van der Waals surface area contributed by atoms with E-state index in [1.54, 1.807) is 0 Å². The van der Waals surface area contributed by atoms with Crippen LogP contribution in [0.3, 0.4) is 0 Å². The Bertz CT molecular complexity index is 1120. The molecule has 0 aliphatic carbocycles. The average molecular weight is 379 g/mol. The Balaban J connectivity index is 1.64. The van der Waals surface area contributed by atoms with Crippen molar-refractivity contribution in [2.45, 2.75) is 19.6 Å². The molecule has 27 heavy (non-hydrogen) atoms. The van der Waals surface area contributed by atoms with Gasteiger partial charge in [0.25, 0.3) is 0 Å². The lowest BCUT2D eigenvalue weighted by atomic mass is 9.36. The van der Waals surface area contributed by atoms with E-state index >= 15 is 0 Å². The highest BCUT2D eigenvalue weighted by molar-refractivity contribution is 8.01. The Labute approximate surface area is 167 Å². The van der Waals surface area contributed by atoms with Gasteiger partial charge in [-0.05, 0) is 41.9 Å². The van der Waals surface area contributed by atoms with Crippen molar-refractivity contribution in [3.63, 3.8) is 0 Å². The molecule has 4 heteroatoms. The summed E-state index contributed by atoms with van der Waals surface area (Å²) in [5.74, 6) is 0. The Morgan fingerprint density at radius 2 is 1.22 bits per heavy atom. The second-order valence-corrected chi connectivity index (χ2v) is 8.98. The van der Waals surface area contributed by atoms with Crippen molar-refractivity contribution in [3.05, 3.63) is 85.1 Å². The van der Waals surface area contributed by atoms with Gasteiger partial charge in [-0.1, -0.05) is 76.9 Å². The van der Waals surface area contributed by atoms with Gasteiger partial charge in [0.05, 0.1) is 5.69 Å². The Hall–Kier alpha value is -2.43. The van der Waals surface area contributed by atoms with Crippen LogP contribution < -0.4 is 16.4 Å². The van der Waals surface area contributed by atoms with Gasteiger partial charge in [-0.2, -0.15) is 0 Å². The van der Waals surface area contributed by atoms with Gasteiger partial charge in [-0.3, -0.25) is 4.98 Å². The highest BCUT2D eigenvalue weighted by atomic mass is 32.2. The van der Waals surface area contributed by atoms with Crippen LogP contribution in [0.2, 0.25) is 0 Å². The summed E-state index contributed by atoms with van der Waals surface area (Å²) in [7, 11) is 0. The molecular weight excluding hydrogens is 365 g/mol. The van der Waals surface area contributed by atoms with Crippen LogP contribution in [0.1, 0.15) is 0 Å². The molecule has 0 spiro atoms. The number of fused-ring (bicyclic) bond motifs is 4. The minimum atomic E-state index is 0.322. The number of nitrogens with zero attached hydrogens (tertiary/aromatic N) is 1. The number of rotatable bonds is 1. The molecule has 0 radical (unpaired) electrons. The number of pyridine rings is 1. The Kier molecular flexibility index (Phi) is 3.50. The fraction of sp³-hybridized carbons (Fsp3) is 0. The van der Waals surface area contributed by atoms with Crippen molar-refractivity contribution in [1.29, 1.82) is 0 Å². The third-order valence-corrected chi connectivity index (χ3v) is 7.55. The van der Waals surface area contributed by atoms with Gasteiger partial charge in [-0.25, -0.2) is 0 Å². The highest BCUT2D eigenvalue weighted by Crippen LogP contribution is 2.40. The number of hydrogen-bond donors (Lipinski definition) is 0. The molecule has 0 fully saturated rings. The summed E-state index contributed by atoms with van der Waals surface area (Å²) in [5, 5.41) is 0. The van der Waals surface area contributed by atoms with Crippen LogP contribution in [-0.2, 0) is 0 Å². The zero-order valence-corrected chi connectivity index (χ0v) is 16.1. The number of benzene rings is 3. The van der Waals surface area contributed by atoms with Crippen molar-refractivity contribution >= 4 is 46.6 Å². The van der Waals surface area contributed by atoms with E-state index in [1.807, 2.05) is 35.8 Å². The van der Waals surface area contributed by atoms with Crippen LogP contribution in [0, 0.1) is 0 Å². The minimum Gasteiger partial charge on any atom is -0.256 e. The van der Waals surface area contributed by atoms with Gasteiger partial charge < -0.3 is 0 Å². The summed E-state index contributed by atoms with van der Waals surface area (Å²) in [4.78, 5) is 10.0. The molecule has 0 saturated carbocycles. The van der Waals surface area contributed by atoms with Crippen molar-refractivity contribution < 1.29 is 0 Å². The maximum atomic E-state index is 4.58. The summed E-state index contributed by atoms with van der Waals surface area (Å²) in [6.45, 7) is 0.322. The Morgan fingerprint density at radius 1 is 0.630 bits per heavy atom. The molecule has 126 valence electrons. The van der Waals surface area contributed by atoms with Crippen LogP contribution in [0.25, 0.3) is 11.3 Å². The van der Waals surface area contributed by atoms with Gasteiger partial charge in [0.1, 0.15) is 0 Å². The summed E-state index contributed by atoms with van der Waals surface area (Å²) in [5.41, 5.74) is 6.54. The van der Waals surface area contributed by atoms with Crippen molar-refractivity contribution in [1.82, 2.24) is 4.98 Å². The van der Waals surface area contributed by atoms with Crippen LogP contribution in [0.4, 0.5) is 0 Å². The lowest BCUT2D eigenvalue weighted by molar-refractivity contribution is 1.28. The normalized spacial score (nSPS) is 13.6. The number of aromatic nitrogens is 1. The Morgan fingerprint density at radius 3 is 1.81 bits per heavy atom. The molecule has 0 bridgehead atoms. The molecule has 3 aromatic carbocycles. The van der Waals surface area contributed by atoms with E-state index in [0.717, 1.165) is 5.69 Å². The molecular formula is C23H14BNS2. The largest absolute Gasteiger partial charge is 0.256 e. The van der Waals surface area contributed by atoms with Crippen molar-refractivity contribution in [3.8, 4) is 11.3 Å². The fourth-order valence-corrected chi connectivity index (χ4v) is 6.56. The first-order chi connectivity index (χ1) is 13.4. The fourth-order valence-electron chi connectivity index (χ4n) is 4.08. The summed E-state index contributed by atoms with van der Waals surface area (Å²) in [6.07, 6.45) is 1.87. The van der Waals surface area contributed by atoms with Crippen LogP contribution >= 0.6 is 23.5 Å². The molecule has 0 amide bonds. The zero-order valence-electron chi connectivity index (χ0n) is 14.4. The van der Waals surface area contributed by atoms with E-state index in [2.05, 4.69) is 77.8 Å².